The molecule has 5 nitrogen and oxygen atoms in total. The van der Waals surface area contributed by atoms with E-state index in [1.54, 1.807) is 12.0 Å². The van der Waals surface area contributed by atoms with Crippen LogP contribution in [0.15, 0.2) is 48.5 Å². The Morgan fingerprint density at radius 3 is 2.44 bits per heavy atom. The third-order valence-electron chi connectivity index (χ3n) is 3.84. The van der Waals surface area contributed by atoms with Crippen LogP contribution in [0, 0.1) is 0 Å². The Morgan fingerprint density at radius 1 is 1.12 bits per heavy atom. The SMILES string of the molecule is COc1ccc(CC2Oc3ccccc3N2C(=O)OC(C)(C)C)cc1. The van der Waals surface area contributed by atoms with Crippen LogP contribution in [0.5, 0.6) is 11.5 Å². The van der Waals surface area contributed by atoms with Gasteiger partial charge in [-0.25, -0.2) is 9.69 Å². The summed E-state index contributed by atoms with van der Waals surface area (Å²) in [6, 6.07) is 15.2. The third kappa shape index (κ3) is 3.87. The maximum atomic E-state index is 12.7. The number of benzene rings is 2. The predicted octanol–water partition coefficient (Wildman–Crippen LogP) is 4.40. The summed E-state index contributed by atoms with van der Waals surface area (Å²) >= 11 is 0. The molecule has 0 saturated heterocycles. The van der Waals surface area contributed by atoms with Crippen LogP contribution in [0.2, 0.25) is 0 Å². The maximum absolute atomic E-state index is 12.7. The van der Waals surface area contributed by atoms with Gasteiger partial charge in [0.25, 0.3) is 0 Å². The van der Waals surface area contributed by atoms with Gasteiger partial charge < -0.3 is 14.2 Å². The standard InChI is InChI=1S/C20H23NO4/c1-20(2,3)25-19(22)21-16-7-5-6-8-17(16)24-18(21)13-14-9-11-15(23-4)12-10-14/h5-12,18H,13H2,1-4H3. The fourth-order valence-electron chi connectivity index (χ4n) is 2.73. The molecule has 0 saturated carbocycles. The number of amides is 1. The molecule has 1 aliphatic rings. The van der Waals surface area contributed by atoms with Crippen LogP contribution in [-0.2, 0) is 11.2 Å². The fourth-order valence-corrected chi connectivity index (χ4v) is 2.73. The minimum Gasteiger partial charge on any atom is -0.497 e. The molecule has 5 heteroatoms. The molecule has 1 atom stereocenters. The molecule has 132 valence electrons. The molecule has 2 aromatic carbocycles. The first-order valence-corrected chi connectivity index (χ1v) is 8.28. The largest absolute Gasteiger partial charge is 0.497 e. The summed E-state index contributed by atoms with van der Waals surface area (Å²) in [4.78, 5) is 14.3. The summed E-state index contributed by atoms with van der Waals surface area (Å²) < 4.78 is 16.8. The van der Waals surface area contributed by atoms with Gasteiger partial charge in [-0.05, 0) is 50.6 Å². The van der Waals surface area contributed by atoms with Crippen molar-refractivity contribution in [2.45, 2.75) is 39.0 Å². The van der Waals surface area contributed by atoms with E-state index in [2.05, 4.69) is 0 Å². The molecule has 1 amide bonds. The Hall–Kier alpha value is -2.69. The zero-order valence-corrected chi connectivity index (χ0v) is 15.0. The van der Waals surface area contributed by atoms with Crippen molar-refractivity contribution in [3.8, 4) is 11.5 Å². The van der Waals surface area contributed by atoms with Gasteiger partial charge in [0.05, 0.1) is 12.8 Å². The quantitative estimate of drug-likeness (QED) is 0.830. The molecule has 25 heavy (non-hydrogen) atoms. The van der Waals surface area contributed by atoms with Crippen LogP contribution < -0.4 is 14.4 Å². The van der Waals surface area contributed by atoms with Crippen molar-refractivity contribution >= 4 is 11.8 Å². The first-order valence-electron chi connectivity index (χ1n) is 8.28. The molecule has 0 N–H and O–H groups in total. The van der Waals surface area contributed by atoms with E-state index in [1.807, 2.05) is 69.3 Å². The summed E-state index contributed by atoms with van der Waals surface area (Å²) in [6.45, 7) is 5.56. The molecular formula is C20H23NO4. The molecular weight excluding hydrogens is 318 g/mol. The lowest BCUT2D eigenvalue weighted by atomic mass is 10.1. The molecule has 0 aromatic heterocycles. The topological polar surface area (TPSA) is 48.0 Å². The smallest absolute Gasteiger partial charge is 0.417 e. The van der Waals surface area contributed by atoms with Gasteiger partial charge in [-0.2, -0.15) is 0 Å². The van der Waals surface area contributed by atoms with Gasteiger partial charge in [0.15, 0.2) is 6.23 Å². The molecule has 0 fully saturated rings. The summed E-state index contributed by atoms with van der Waals surface area (Å²) in [6.07, 6.45) is -0.297. The number of carbonyl (C=O) groups excluding carboxylic acids is 1. The lowest BCUT2D eigenvalue weighted by Crippen LogP contribution is -2.44. The third-order valence-corrected chi connectivity index (χ3v) is 3.84. The van der Waals surface area contributed by atoms with Gasteiger partial charge in [-0.15, -0.1) is 0 Å². The highest BCUT2D eigenvalue weighted by Gasteiger charge is 2.38. The number of ether oxygens (including phenoxy) is 3. The molecule has 0 radical (unpaired) electrons. The van der Waals surface area contributed by atoms with Crippen molar-refractivity contribution in [3.05, 3.63) is 54.1 Å². The number of methoxy groups -OCH3 is 1. The van der Waals surface area contributed by atoms with Crippen LogP contribution in [-0.4, -0.2) is 25.0 Å². The molecule has 1 unspecified atom stereocenters. The second kappa shape index (κ2) is 6.67. The highest BCUT2D eigenvalue weighted by atomic mass is 16.6. The summed E-state index contributed by atoms with van der Waals surface area (Å²) in [5, 5.41) is 0. The van der Waals surface area contributed by atoms with Gasteiger partial charge in [0.2, 0.25) is 0 Å². The number of hydrogen-bond acceptors (Lipinski definition) is 4. The van der Waals surface area contributed by atoms with Gasteiger partial charge in [0.1, 0.15) is 17.1 Å². The second-order valence-electron chi connectivity index (χ2n) is 6.94. The number of carbonyl (C=O) groups is 1. The Labute approximate surface area is 148 Å². The van der Waals surface area contributed by atoms with Crippen LogP contribution in [0.4, 0.5) is 10.5 Å². The van der Waals surface area contributed by atoms with Crippen molar-refractivity contribution < 1.29 is 19.0 Å². The van der Waals surface area contributed by atoms with Crippen molar-refractivity contribution in [1.82, 2.24) is 0 Å². The first kappa shape index (κ1) is 17.1. The first-order chi connectivity index (χ1) is 11.9. The predicted molar refractivity (Wildman–Crippen MR) is 96.3 cm³/mol. The van der Waals surface area contributed by atoms with E-state index >= 15 is 0 Å². The fraction of sp³-hybridized carbons (Fsp3) is 0.350. The zero-order valence-electron chi connectivity index (χ0n) is 15.0. The van der Waals surface area contributed by atoms with E-state index in [0.29, 0.717) is 12.2 Å². The van der Waals surface area contributed by atoms with Crippen LogP contribution in [0.3, 0.4) is 0 Å². The van der Waals surface area contributed by atoms with Crippen LogP contribution >= 0.6 is 0 Å². The molecule has 1 aliphatic heterocycles. The maximum Gasteiger partial charge on any atom is 0.417 e. The second-order valence-corrected chi connectivity index (χ2v) is 6.94. The molecule has 0 bridgehead atoms. The van der Waals surface area contributed by atoms with Crippen molar-refractivity contribution in [2.75, 3.05) is 12.0 Å². The van der Waals surface area contributed by atoms with E-state index < -0.39 is 17.9 Å². The zero-order chi connectivity index (χ0) is 18.0. The molecule has 3 rings (SSSR count). The average Bonchev–Trinajstić information content (AvgIpc) is 2.92. The van der Waals surface area contributed by atoms with Gasteiger partial charge in [0, 0.05) is 6.42 Å². The van der Waals surface area contributed by atoms with Crippen molar-refractivity contribution in [1.29, 1.82) is 0 Å². The highest BCUT2D eigenvalue weighted by Crippen LogP contribution is 2.38. The van der Waals surface area contributed by atoms with E-state index in [0.717, 1.165) is 17.0 Å². The lowest BCUT2D eigenvalue weighted by molar-refractivity contribution is 0.0524. The lowest BCUT2D eigenvalue weighted by Gasteiger charge is -2.27. The monoisotopic (exact) mass is 341 g/mol. The summed E-state index contributed by atoms with van der Waals surface area (Å²) in [7, 11) is 1.63. The minimum absolute atomic E-state index is 0.407. The van der Waals surface area contributed by atoms with E-state index in [1.165, 1.54) is 0 Å². The Balaban J connectivity index is 1.85. The van der Waals surface area contributed by atoms with Crippen molar-refractivity contribution in [2.24, 2.45) is 0 Å². The number of para-hydroxylation sites is 2. The number of fused-ring (bicyclic) bond motifs is 1. The Bertz CT molecular complexity index is 749. The summed E-state index contributed by atoms with van der Waals surface area (Å²) in [5.74, 6) is 1.48. The van der Waals surface area contributed by atoms with E-state index in [-0.39, 0.29) is 0 Å². The number of nitrogens with zero attached hydrogens (tertiary/aromatic N) is 1. The normalized spacial score (nSPS) is 16.2. The van der Waals surface area contributed by atoms with Gasteiger partial charge in [-0.3, -0.25) is 0 Å². The van der Waals surface area contributed by atoms with Crippen molar-refractivity contribution in [3.63, 3.8) is 0 Å². The highest BCUT2D eigenvalue weighted by molar-refractivity contribution is 5.91. The molecule has 2 aromatic rings. The van der Waals surface area contributed by atoms with Crippen LogP contribution in [0.25, 0.3) is 0 Å². The molecule has 0 aliphatic carbocycles. The summed E-state index contributed by atoms with van der Waals surface area (Å²) in [5.41, 5.74) is 1.21. The molecule has 0 spiro atoms. The molecule has 1 heterocycles. The average molecular weight is 341 g/mol. The van der Waals surface area contributed by atoms with Crippen LogP contribution in [0.1, 0.15) is 26.3 Å². The Kier molecular flexibility index (Phi) is 4.57. The number of anilines is 1. The number of hydrogen-bond donors (Lipinski definition) is 0. The Morgan fingerprint density at radius 2 is 1.80 bits per heavy atom. The van der Waals surface area contributed by atoms with E-state index in [4.69, 9.17) is 14.2 Å². The van der Waals surface area contributed by atoms with Gasteiger partial charge >= 0.3 is 6.09 Å². The van der Waals surface area contributed by atoms with Gasteiger partial charge in [-0.1, -0.05) is 24.3 Å². The minimum atomic E-state index is -0.570. The number of rotatable bonds is 3. The van der Waals surface area contributed by atoms with E-state index in [9.17, 15) is 4.79 Å².